The Morgan fingerprint density at radius 2 is 2.15 bits per heavy atom. The van der Waals surface area contributed by atoms with E-state index in [0.29, 0.717) is 12.3 Å². The van der Waals surface area contributed by atoms with Gasteiger partial charge in [0.05, 0.1) is 11.0 Å². The van der Waals surface area contributed by atoms with Crippen molar-refractivity contribution in [2.24, 2.45) is 7.05 Å². The van der Waals surface area contributed by atoms with Crippen molar-refractivity contribution in [1.29, 1.82) is 0 Å². The number of amides is 1. The van der Waals surface area contributed by atoms with Gasteiger partial charge in [0.25, 0.3) is 0 Å². The predicted octanol–water partition coefficient (Wildman–Crippen LogP) is 2.64. The summed E-state index contributed by atoms with van der Waals surface area (Å²) in [4.78, 5) is 21.5. The van der Waals surface area contributed by atoms with Crippen molar-refractivity contribution < 1.29 is 4.79 Å². The molecule has 4 rings (SSSR count). The Labute approximate surface area is 158 Å². The number of imidazole rings is 1. The molecule has 2 atom stereocenters. The zero-order valence-corrected chi connectivity index (χ0v) is 15.7. The maximum absolute atomic E-state index is 12.7. The van der Waals surface area contributed by atoms with Gasteiger partial charge in [-0.3, -0.25) is 9.78 Å². The molecular weight excluding hydrogens is 340 g/mol. The van der Waals surface area contributed by atoms with Gasteiger partial charge in [-0.2, -0.15) is 0 Å². The second kappa shape index (κ2) is 7.09. The van der Waals surface area contributed by atoms with E-state index in [2.05, 4.69) is 39.6 Å². The Morgan fingerprint density at radius 3 is 2.89 bits per heavy atom. The lowest BCUT2D eigenvalue weighted by atomic mass is 10.0. The summed E-state index contributed by atoms with van der Waals surface area (Å²) in [6.07, 6.45) is 4.23. The number of carbonyl (C=O) groups is 1. The van der Waals surface area contributed by atoms with Gasteiger partial charge in [0.1, 0.15) is 11.9 Å². The first-order valence-electron chi connectivity index (χ1n) is 9.21. The second-order valence-corrected chi connectivity index (χ2v) is 7.29. The van der Waals surface area contributed by atoms with E-state index in [1.54, 1.807) is 6.20 Å². The van der Waals surface area contributed by atoms with Crippen molar-refractivity contribution in [3.8, 4) is 0 Å². The number of anilines is 1. The Morgan fingerprint density at radius 1 is 1.30 bits per heavy atom. The molecule has 3 N–H and O–H groups in total. The van der Waals surface area contributed by atoms with Gasteiger partial charge >= 0.3 is 0 Å². The van der Waals surface area contributed by atoms with Crippen LogP contribution in [0.2, 0.25) is 0 Å². The van der Waals surface area contributed by atoms with E-state index in [-0.39, 0.29) is 18.0 Å². The van der Waals surface area contributed by atoms with Crippen molar-refractivity contribution in [3.05, 3.63) is 54.1 Å². The van der Waals surface area contributed by atoms with Gasteiger partial charge in [-0.15, -0.1) is 0 Å². The molecule has 1 amide bonds. The molecule has 3 heterocycles. The van der Waals surface area contributed by atoms with Crippen LogP contribution < -0.4 is 16.2 Å². The number of hydrogen-bond donors (Lipinski definition) is 3. The molecule has 1 aliphatic rings. The number of carbonyl (C=O) groups excluding carboxylic acids is 1. The molecule has 0 spiro atoms. The number of hydrazine groups is 1. The van der Waals surface area contributed by atoms with Gasteiger partial charge in [0.2, 0.25) is 5.91 Å². The average Bonchev–Trinajstić information content (AvgIpc) is 3.28. The summed E-state index contributed by atoms with van der Waals surface area (Å²) in [5.41, 5.74) is 10.0. The van der Waals surface area contributed by atoms with Crippen LogP contribution >= 0.6 is 0 Å². The molecule has 0 saturated carbocycles. The maximum atomic E-state index is 12.7. The van der Waals surface area contributed by atoms with Crippen LogP contribution in [0.1, 0.15) is 43.6 Å². The minimum absolute atomic E-state index is 0.0618. The van der Waals surface area contributed by atoms with Crippen LogP contribution in [0.3, 0.4) is 0 Å². The van der Waals surface area contributed by atoms with Crippen LogP contribution in [-0.4, -0.2) is 26.5 Å². The van der Waals surface area contributed by atoms with Crippen molar-refractivity contribution in [2.45, 2.75) is 38.3 Å². The third-order valence-electron chi connectivity index (χ3n) is 5.01. The molecule has 0 bridgehead atoms. The second-order valence-electron chi connectivity index (χ2n) is 7.29. The number of benzene rings is 1. The third kappa shape index (κ3) is 3.43. The highest BCUT2D eigenvalue weighted by molar-refractivity contribution is 5.96. The normalized spacial score (nSPS) is 19.7. The van der Waals surface area contributed by atoms with E-state index in [1.165, 1.54) is 0 Å². The fraction of sp³-hybridized carbons (Fsp3) is 0.350. The minimum Gasteiger partial charge on any atom is -0.331 e. The summed E-state index contributed by atoms with van der Waals surface area (Å²) in [6, 6.07) is 9.53. The Bertz CT molecular complexity index is 965. The van der Waals surface area contributed by atoms with Crippen LogP contribution in [0.5, 0.6) is 0 Å². The van der Waals surface area contributed by atoms with Gasteiger partial charge in [-0.05, 0) is 36.2 Å². The summed E-state index contributed by atoms with van der Waals surface area (Å²) >= 11 is 0. The lowest BCUT2D eigenvalue weighted by Crippen LogP contribution is -2.39. The Hall–Kier alpha value is -2.77. The zero-order valence-electron chi connectivity index (χ0n) is 15.7. The number of hydrogen-bond acceptors (Lipinski definition) is 5. The summed E-state index contributed by atoms with van der Waals surface area (Å²) < 4.78 is 2.10. The van der Waals surface area contributed by atoms with E-state index in [1.807, 2.05) is 43.6 Å². The molecule has 2 aromatic heterocycles. The topological polar surface area (TPSA) is 83.9 Å². The summed E-state index contributed by atoms with van der Waals surface area (Å²) in [5, 5.41) is 3.00. The average molecular weight is 364 g/mol. The highest BCUT2D eigenvalue weighted by Crippen LogP contribution is 2.25. The fourth-order valence-corrected chi connectivity index (χ4v) is 3.57. The maximum Gasteiger partial charge on any atom is 0.242 e. The molecule has 2 unspecified atom stereocenters. The van der Waals surface area contributed by atoms with Gasteiger partial charge in [0.15, 0.2) is 0 Å². The Balaban J connectivity index is 1.47. The van der Waals surface area contributed by atoms with Gasteiger partial charge in [-0.1, -0.05) is 19.9 Å². The largest absolute Gasteiger partial charge is 0.331 e. The number of pyridine rings is 1. The molecule has 27 heavy (non-hydrogen) atoms. The van der Waals surface area contributed by atoms with Gasteiger partial charge in [0, 0.05) is 37.1 Å². The zero-order chi connectivity index (χ0) is 19.0. The van der Waals surface area contributed by atoms with Crippen LogP contribution in [0.15, 0.2) is 42.7 Å². The number of fused-ring (bicyclic) bond motifs is 1. The fourth-order valence-electron chi connectivity index (χ4n) is 3.57. The molecule has 1 saturated heterocycles. The number of nitrogens with zero attached hydrogens (tertiary/aromatic N) is 3. The monoisotopic (exact) mass is 364 g/mol. The van der Waals surface area contributed by atoms with Crippen LogP contribution in [0, 0.1) is 0 Å². The molecule has 0 aliphatic carbocycles. The summed E-state index contributed by atoms with van der Waals surface area (Å²) in [6.45, 7) is 4.25. The molecular formula is C20H24N6O. The standard InChI is InChI=1S/C20H24N6O/c1-12(2)19-23-16-9-14(6-7-18(16)26(19)3)22-20(27)17-10-15(24-25-17)13-5-4-8-21-11-13/h4-9,11-12,15,17,24-25H,10H2,1-3H3,(H,22,27). The van der Waals surface area contributed by atoms with E-state index in [4.69, 9.17) is 4.98 Å². The highest BCUT2D eigenvalue weighted by Gasteiger charge is 2.30. The van der Waals surface area contributed by atoms with Crippen LogP contribution in [-0.2, 0) is 11.8 Å². The molecule has 7 nitrogen and oxygen atoms in total. The van der Waals surface area contributed by atoms with E-state index in [0.717, 1.165) is 28.1 Å². The van der Waals surface area contributed by atoms with Crippen LogP contribution in [0.25, 0.3) is 11.0 Å². The van der Waals surface area contributed by atoms with Crippen LogP contribution in [0.4, 0.5) is 5.69 Å². The lowest BCUT2D eigenvalue weighted by molar-refractivity contribution is -0.117. The summed E-state index contributed by atoms with van der Waals surface area (Å²) in [7, 11) is 2.02. The van der Waals surface area contributed by atoms with Crippen molar-refractivity contribution >= 4 is 22.6 Å². The van der Waals surface area contributed by atoms with Gasteiger partial charge in [-0.25, -0.2) is 15.8 Å². The molecule has 1 aromatic carbocycles. The molecule has 3 aromatic rings. The first kappa shape index (κ1) is 17.6. The molecule has 140 valence electrons. The minimum atomic E-state index is -0.305. The lowest BCUT2D eigenvalue weighted by Gasteiger charge is -2.11. The quantitative estimate of drug-likeness (QED) is 0.663. The summed E-state index contributed by atoms with van der Waals surface area (Å²) in [5.74, 6) is 1.32. The van der Waals surface area contributed by atoms with E-state index < -0.39 is 0 Å². The van der Waals surface area contributed by atoms with Crippen molar-refractivity contribution in [3.63, 3.8) is 0 Å². The highest BCUT2D eigenvalue weighted by atomic mass is 16.2. The molecule has 0 radical (unpaired) electrons. The third-order valence-corrected chi connectivity index (χ3v) is 5.01. The molecule has 7 heteroatoms. The van der Waals surface area contributed by atoms with Crippen molar-refractivity contribution in [2.75, 3.05) is 5.32 Å². The first-order valence-corrected chi connectivity index (χ1v) is 9.21. The number of aromatic nitrogens is 3. The smallest absolute Gasteiger partial charge is 0.242 e. The molecule has 1 aliphatic heterocycles. The number of rotatable bonds is 4. The SMILES string of the molecule is CC(C)c1nc2cc(NC(=O)C3CC(c4cccnc4)NN3)ccc2n1C. The number of nitrogens with one attached hydrogen (secondary N) is 3. The van der Waals surface area contributed by atoms with E-state index in [9.17, 15) is 4.79 Å². The van der Waals surface area contributed by atoms with E-state index >= 15 is 0 Å². The number of aryl methyl sites for hydroxylation is 1. The predicted molar refractivity (Wildman–Crippen MR) is 105 cm³/mol. The van der Waals surface area contributed by atoms with Crippen molar-refractivity contribution in [1.82, 2.24) is 25.4 Å². The molecule has 1 fully saturated rings. The Kier molecular flexibility index (Phi) is 4.63. The van der Waals surface area contributed by atoms with Gasteiger partial charge < -0.3 is 9.88 Å². The first-order chi connectivity index (χ1) is 13.0.